The molecular formula is C16H18ClNO3. The molecule has 0 radical (unpaired) electrons. The van der Waals surface area contributed by atoms with Crippen LogP contribution in [0.2, 0.25) is 5.02 Å². The Bertz CT molecular complexity index is 604. The van der Waals surface area contributed by atoms with Crippen molar-refractivity contribution in [2.45, 2.75) is 6.04 Å². The lowest BCUT2D eigenvalue weighted by Gasteiger charge is -2.21. The topological polar surface area (TPSA) is 50.7 Å². The van der Waals surface area contributed by atoms with Gasteiger partial charge in [-0.2, -0.15) is 0 Å². The number of halogens is 1. The zero-order chi connectivity index (χ0) is 15.2. The number of hydrogen-bond acceptors (Lipinski definition) is 4. The van der Waals surface area contributed by atoms with Crippen LogP contribution in [0.15, 0.2) is 42.5 Å². The van der Waals surface area contributed by atoms with Gasteiger partial charge < -0.3 is 19.9 Å². The smallest absolute Gasteiger partial charge is 0.124 e. The van der Waals surface area contributed by atoms with Crippen molar-refractivity contribution in [2.24, 2.45) is 0 Å². The highest BCUT2D eigenvalue weighted by Gasteiger charge is 2.16. The van der Waals surface area contributed by atoms with Crippen LogP contribution in [0, 0.1) is 0 Å². The SMILES string of the molecule is COc1ccc(OC)c(C(CO)Nc2cccc(Cl)c2)c1. The second kappa shape index (κ2) is 7.20. The van der Waals surface area contributed by atoms with Gasteiger partial charge in [0.2, 0.25) is 0 Å². The fourth-order valence-corrected chi connectivity index (χ4v) is 2.30. The molecule has 1 unspecified atom stereocenters. The number of hydrogen-bond donors (Lipinski definition) is 2. The summed E-state index contributed by atoms with van der Waals surface area (Å²) in [5, 5.41) is 13.6. The van der Waals surface area contributed by atoms with E-state index < -0.39 is 0 Å². The first-order chi connectivity index (χ1) is 10.2. The lowest BCUT2D eigenvalue weighted by atomic mass is 10.1. The van der Waals surface area contributed by atoms with Crippen LogP contribution in [0.4, 0.5) is 5.69 Å². The van der Waals surface area contributed by atoms with Crippen molar-refractivity contribution in [3.63, 3.8) is 0 Å². The van der Waals surface area contributed by atoms with Gasteiger partial charge in [-0.1, -0.05) is 17.7 Å². The van der Waals surface area contributed by atoms with Crippen molar-refractivity contribution in [3.05, 3.63) is 53.1 Å². The van der Waals surface area contributed by atoms with Gasteiger partial charge in [-0.05, 0) is 36.4 Å². The van der Waals surface area contributed by atoms with Gasteiger partial charge >= 0.3 is 0 Å². The highest BCUT2D eigenvalue weighted by molar-refractivity contribution is 6.30. The molecule has 112 valence electrons. The first kappa shape index (κ1) is 15.5. The fourth-order valence-electron chi connectivity index (χ4n) is 2.11. The molecule has 0 aliphatic heterocycles. The Hall–Kier alpha value is -1.91. The summed E-state index contributed by atoms with van der Waals surface area (Å²) in [5.74, 6) is 1.39. The molecule has 0 saturated carbocycles. The summed E-state index contributed by atoms with van der Waals surface area (Å²) in [6.45, 7) is -0.0873. The molecule has 0 heterocycles. The van der Waals surface area contributed by atoms with Crippen molar-refractivity contribution in [2.75, 3.05) is 26.1 Å². The fraction of sp³-hybridized carbons (Fsp3) is 0.250. The predicted molar refractivity (Wildman–Crippen MR) is 84.4 cm³/mol. The van der Waals surface area contributed by atoms with Gasteiger partial charge in [-0.3, -0.25) is 0 Å². The van der Waals surface area contributed by atoms with Gasteiger partial charge in [0.25, 0.3) is 0 Å². The van der Waals surface area contributed by atoms with E-state index in [-0.39, 0.29) is 12.6 Å². The largest absolute Gasteiger partial charge is 0.497 e. The number of aliphatic hydroxyl groups is 1. The Morgan fingerprint density at radius 1 is 1.14 bits per heavy atom. The van der Waals surface area contributed by atoms with Crippen LogP contribution < -0.4 is 14.8 Å². The Kier molecular flexibility index (Phi) is 5.31. The molecule has 2 aromatic rings. The Labute approximate surface area is 129 Å². The van der Waals surface area contributed by atoms with E-state index in [0.717, 1.165) is 11.3 Å². The van der Waals surface area contributed by atoms with Crippen LogP contribution >= 0.6 is 11.6 Å². The van der Waals surface area contributed by atoms with Crippen LogP contribution in [0.25, 0.3) is 0 Å². The van der Waals surface area contributed by atoms with Gasteiger partial charge in [0, 0.05) is 16.3 Å². The first-order valence-electron chi connectivity index (χ1n) is 6.52. The first-order valence-corrected chi connectivity index (χ1v) is 6.90. The quantitative estimate of drug-likeness (QED) is 0.857. The molecule has 0 spiro atoms. The molecule has 0 aliphatic rings. The zero-order valence-electron chi connectivity index (χ0n) is 12.0. The van der Waals surface area contributed by atoms with E-state index in [1.54, 1.807) is 26.4 Å². The number of anilines is 1. The van der Waals surface area contributed by atoms with Gasteiger partial charge in [0.05, 0.1) is 26.9 Å². The third kappa shape index (κ3) is 3.80. The molecule has 0 saturated heterocycles. The number of nitrogens with one attached hydrogen (secondary N) is 1. The maximum atomic E-state index is 9.70. The Morgan fingerprint density at radius 3 is 2.57 bits per heavy atom. The van der Waals surface area contributed by atoms with Crippen molar-refractivity contribution in [1.29, 1.82) is 0 Å². The van der Waals surface area contributed by atoms with Crippen molar-refractivity contribution >= 4 is 17.3 Å². The van der Waals surface area contributed by atoms with E-state index in [9.17, 15) is 5.11 Å². The van der Waals surface area contributed by atoms with E-state index >= 15 is 0 Å². The summed E-state index contributed by atoms with van der Waals surface area (Å²) in [6, 6.07) is 12.5. The van der Waals surface area contributed by atoms with Gasteiger partial charge in [-0.25, -0.2) is 0 Å². The van der Waals surface area contributed by atoms with Crippen molar-refractivity contribution in [3.8, 4) is 11.5 Å². The Balaban J connectivity index is 2.32. The minimum absolute atomic E-state index is 0.0873. The molecule has 0 aliphatic carbocycles. The second-order valence-corrected chi connectivity index (χ2v) is 4.93. The molecular weight excluding hydrogens is 290 g/mol. The predicted octanol–water partition coefficient (Wildman–Crippen LogP) is 3.50. The molecule has 5 heteroatoms. The molecule has 21 heavy (non-hydrogen) atoms. The van der Waals surface area contributed by atoms with Crippen molar-refractivity contribution < 1.29 is 14.6 Å². The Morgan fingerprint density at radius 2 is 1.95 bits per heavy atom. The molecule has 4 nitrogen and oxygen atoms in total. The molecule has 0 amide bonds. The summed E-state index contributed by atoms with van der Waals surface area (Å²) in [7, 11) is 3.20. The highest BCUT2D eigenvalue weighted by Crippen LogP contribution is 2.31. The maximum Gasteiger partial charge on any atom is 0.124 e. The van der Waals surface area contributed by atoms with Gasteiger partial charge in [0.1, 0.15) is 11.5 Å². The number of rotatable bonds is 6. The number of ether oxygens (including phenoxy) is 2. The molecule has 0 fully saturated rings. The zero-order valence-corrected chi connectivity index (χ0v) is 12.7. The van der Waals surface area contributed by atoms with E-state index in [1.165, 1.54) is 0 Å². The normalized spacial score (nSPS) is 11.8. The molecule has 2 aromatic carbocycles. The van der Waals surface area contributed by atoms with Crippen LogP contribution in [-0.4, -0.2) is 25.9 Å². The van der Waals surface area contributed by atoms with Crippen LogP contribution in [0.5, 0.6) is 11.5 Å². The van der Waals surface area contributed by atoms with E-state index in [1.807, 2.05) is 30.3 Å². The van der Waals surface area contributed by atoms with Gasteiger partial charge in [-0.15, -0.1) is 0 Å². The molecule has 2 N–H and O–H groups in total. The van der Waals surface area contributed by atoms with E-state index in [0.29, 0.717) is 16.5 Å². The molecule has 1 atom stereocenters. The second-order valence-electron chi connectivity index (χ2n) is 4.50. The average molecular weight is 308 g/mol. The van der Waals surface area contributed by atoms with Crippen LogP contribution in [0.3, 0.4) is 0 Å². The molecule has 0 bridgehead atoms. The van der Waals surface area contributed by atoms with Crippen molar-refractivity contribution in [1.82, 2.24) is 0 Å². The summed E-state index contributed by atoms with van der Waals surface area (Å²) in [4.78, 5) is 0. The number of methoxy groups -OCH3 is 2. The average Bonchev–Trinajstić information content (AvgIpc) is 2.52. The number of aliphatic hydroxyl groups excluding tert-OH is 1. The monoisotopic (exact) mass is 307 g/mol. The van der Waals surface area contributed by atoms with Gasteiger partial charge in [0.15, 0.2) is 0 Å². The van der Waals surface area contributed by atoms with Crippen LogP contribution in [-0.2, 0) is 0 Å². The molecule has 2 rings (SSSR count). The highest BCUT2D eigenvalue weighted by atomic mass is 35.5. The summed E-state index contributed by atoms with van der Waals surface area (Å²) in [6.07, 6.45) is 0. The summed E-state index contributed by atoms with van der Waals surface area (Å²) < 4.78 is 10.6. The minimum atomic E-state index is -0.325. The summed E-state index contributed by atoms with van der Waals surface area (Å²) in [5.41, 5.74) is 1.64. The minimum Gasteiger partial charge on any atom is -0.497 e. The number of benzene rings is 2. The maximum absolute atomic E-state index is 9.70. The van der Waals surface area contributed by atoms with Crippen LogP contribution in [0.1, 0.15) is 11.6 Å². The lowest BCUT2D eigenvalue weighted by molar-refractivity contribution is 0.272. The third-order valence-corrected chi connectivity index (χ3v) is 3.40. The van der Waals surface area contributed by atoms with E-state index in [4.69, 9.17) is 21.1 Å². The summed E-state index contributed by atoms with van der Waals surface area (Å²) >= 11 is 5.98. The lowest BCUT2D eigenvalue weighted by Crippen LogP contribution is -2.16. The molecule has 0 aromatic heterocycles. The van der Waals surface area contributed by atoms with E-state index in [2.05, 4.69) is 5.32 Å². The third-order valence-electron chi connectivity index (χ3n) is 3.16. The standard InChI is InChI=1S/C16H18ClNO3/c1-20-13-6-7-16(21-2)14(9-13)15(10-19)18-12-5-3-4-11(17)8-12/h3-9,15,18-19H,10H2,1-2H3.